The number of nitrogens with zero attached hydrogens (tertiary/aromatic N) is 2. The van der Waals surface area contributed by atoms with Crippen LogP contribution in [-0.4, -0.2) is 50.1 Å². The molecule has 2 fully saturated rings. The van der Waals surface area contributed by atoms with Gasteiger partial charge in [-0.05, 0) is 37.8 Å². The van der Waals surface area contributed by atoms with Crippen molar-refractivity contribution in [1.82, 2.24) is 9.29 Å². The topological polar surface area (TPSA) is 71.5 Å². The number of thiazole rings is 1. The van der Waals surface area contributed by atoms with Crippen LogP contribution in [0.3, 0.4) is 0 Å². The third-order valence-corrected chi connectivity index (χ3v) is 8.07. The highest BCUT2D eigenvalue weighted by Gasteiger charge is 2.25. The molecule has 28 heavy (non-hydrogen) atoms. The minimum Gasteiger partial charge on any atom is -0.376 e. The predicted octanol–water partition coefficient (Wildman–Crippen LogP) is 3.97. The minimum atomic E-state index is -3.41. The van der Waals surface area contributed by atoms with E-state index in [1.54, 1.807) is 27.8 Å². The van der Waals surface area contributed by atoms with E-state index in [1.807, 2.05) is 17.5 Å². The standard InChI is InChI=1S/C20H27N3O3S2/c24-28(25,23-11-3-1-2-4-12-23)18-9-7-16(8-10-18)19-15-27-20(22-19)21-14-17-6-5-13-26-17/h7-10,15,17H,1-6,11-14H2,(H,21,22). The molecular weight excluding hydrogens is 394 g/mol. The van der Waals surface area contributed by atoms with Crippen LogP contribution in [0.15, 0.2) is 34.5 Å². The second-order valence-corrected chi connectivity index (χ2v) is 10.2. The van der Waals surface area contributed by atoms with E-state index in [-0.39, 0.29) is 6.10 Å². The molecular formula is C20H27N3O3S2. The summed E-state index contributed by atoms with van der Waals surface area (Å²) in [4.78, 5) is 4.99. The number of aromatic nitrogens is 1. The molecule has 0 aliphatic carbocycles. The number of benzene rings is 1. The van der Waals surface area contributed by atoms with Crippen LogP contribution >= 0.6 is 11.3 Å². The summed E-state index contributed by atoms with van der Waals surface area (Å²) in [5.41, 5.74) is 1.79. The SMILES string of the molecule is O=S(=O)(c1ccc(-c2csc(NCC3CCCO3)n2)cc1)N1CCCCCC1. The molecule has 0 spiro atoms. The van der Waals surface area contributed by atoms with Gasteiger partial charge in [-0.3, -0.25) is 0 Å². The molecule has 3 heterocycles. The predicted molar refractivity (Wildman–Crippen MR) is 112 cm³/mol. The maximum absolute atomic E-state index is 12.9. The van der Waals surface area contributed by atoms with Gasteiger partial charge in [0, 0.05) is 37.2 Å². The van der Waals surface area contributed by atoms with Crippen molar-refractivity contribution in [1.29, 1.82) is 0 Å². The first-order chi connectivity index (χ1) is 13.6. The second kappa shape index (κ2) is 8.90. The summed E-state index contributed by atoms with van der Waals surface area (Å²) in [5, 5.41) is 6.20. The van der Waals surface area contributed by atoms with Gasteiger partial charge in [-0.1, -0.05) is 25.0 Å². The Bertz CT molecular complexity index is 866. The summed E-state index contributed by atoms with van der Waals surface area (Å²) in [6.07, 6.45) is 6.60. The van der Waals surface area contributed by atoms with Crippen LogP contribution in [0.5, 0.6) is 0 Å². The maximum atomic E-state index is 12.9. The number of ether oxygens (including phenoxy) is 1. The molecule has 0 radical (unpaired) electrons. The fraction of sp³-hybridized carbons (Fsp3) is 0.550. The summed E-state index contributed by atoms with van der Waals surface area (Å²) in [7, 11) is -3.41. The lowest BCUT2D eigenvalue weighted by Gasteiger charge is -2.19. The first-order valence-corrected chi connectivity index (χ1v) is 12.4. The van der Waals surface area contributed by atoms with E-state index in [0.29, 0.717) is 18.0 Å². The maximum Gasteiger partial charge on any atom is 0.243 e. The monoisotopic (exact) mass is 421 g/mol. The Labute approximate surface area is 171 Å². The summed E-state index contributed by atoms with van der Waals surface area (Å²) in [5.74, 6) is 0. The number of rotatable bonds is 6. The number of hydrogen-bond donors (Lipinski definition) is 1. The Morgan fingerprint density at radius 3 is 2.54 bits per heavy atom. The van der Waals surface area contributed by atoms with Gasteiger partial charge in [-0.25, -0.2) is 13.4 Å². The molecule has 1 aromatic heterocycles. The summed E-state index contributed by atoms with van der Waals surface area (Å²) < 4.78 is 33.0. The van der Waals surface area contributed by atoms with Crippen molar-refractivity contribution in [2.75, 3.05) is 31.6 Å². The zero-order chi connectivity index (χ0) is 19.4. The minimum absolute atomic E-state index is 0.274. The smallest absolute Gasteiger partial charge is 0.243 e. The van der Waals surface area contributed by atoms with Crippen molar-refractivity contribution in [2.24, 2.45) is 0 Å². The van der Waals surface area contributed by atoms with Crippen molar-refractivity contribution in [3.63, 3.8) is 0 Å². The molecule has 4 rings (SSSR count). The Kier molecular flexibility index (Phi) is 6.30. The van der Waals surface area contributed by atoms with Crippen LogP contribution in [0, 0.1) is 0 Å². The first kappa shape index (κ1) is 19.8. The molecule has 0 amide bonds. The highest BCUT2D eigenvalue weighted by atomic mass is 32.2. The Balaban J connectivity index is 1.42. The largest absolute Gasteiger partial charge is 0.376 e. The fourth-order valence-corrected chi connectivity index (χ4v) is 5.97. The Morgan fingerprint density at radius 2 is 1.86 bits per heavy atom. The Morgan fingerprint density at radius 1 is 1.11 bits per heavy atom. The van der Waals surface area contributed by atoms with E-state index in [1.165, 1.54) is 0 Å². The molecule has 2 saturated heterocycles. The van der Waals surface area contributed by atoms with Gasteiger partial charge in [0.2, 0.25) is 10.0 Å². The third-order valence-electron chi connectivity index (χ3n) is 5.36. The van der Waals surface area contributed by atoms with Crippen LogP contribution in [0.2, 0.25) is 0 Å². The van der Waals surface area contributed by atoms with E-state index in [0.717, 1.165) is 68.1 Å². The van der Waals surface area contributed by atoms with Gasteiger partial charge in [0.25, 0.3) is 0 Å². The van der Waals surface area contributed by atoms with Crippen molar-refractivity contribution in [3.8, 4) is 11.3 Å². The summed E-state index contributed by atoms with van der Waals surface area (Å²) in [6.45, 7) is 2.87. The van der Waals surface area contributed by atoms with E-state index in [9.17, 15) is 8.42 Å². The van der Waals surface area contributed by atoms with Gasteiger partial charge in [-0.2, -0.15) is 4.31 Å². The second-order valence-electron chi connectivity index (χ2n) is 7.40. The lowest BCUT2D eigenvalue weighted by Crippen LogP contribution is -2.31. The molecule has 0 bridgehead atoms. The highest BCUT2D eigenvalue weighted by molar-refractivity contribution is 7.89. The zero-order valence-corrected chi connectivity index (χ0v) is 17.6. The number of hydrogen-bond acceptors (Lipinski definition) is 6. The Hall–Kier alpha value is -1.48. The van der Waals surface area contributed by atoms with Gasteiger partial charge in [-0.15, -0.1) is 11.3 Å². The van der Waals surface area contributed by atoms with E-state index >= 15 is 0 Å². The highest BCUT2D eigenvalue weighted by Crippen LogP contribution is 2.27. The average molecular weight is 422 g/mol. The molecule has 6 nitrogen and oxygen atoms in total. The fourth-order valence-electron chi connectivity index (χ4n) is 3.72. The van der Waals surface area contributed by atoms with Crippen molar-refractivity contribution >= 4 is 26.5 Å². The normalized spacial score (nSPS) is 21.5. The summed E-state index contributed by atoms with van der Waals surface area (Å²) >= 11 is 1.56. The van der Waals surface area contributed by atoms with Crippen LogP contribution in [0.1, 0.15) is 38.5 Å². The van der Waals surface area contributed by atoms with E-state index in [2.05, 4.69) is 10.3 Å². The molecule has 2 aliphatic heterocycles. The van der Waals surface area contributed by atoms with Gasteiger partial charge >= 0.3 is 0 Å². The molecule has 1 atom stereocenters. The first-order valence-electron chi connectivity index (χ1n) is 10.0. The van der Waals surface area contributed by atoms with Crippen LogP contribution < -0.4 is 5.32 Å². The van der Waals surface area contributed by atoms with Gasteiger partial charge in [0.05, 0.1) is 16.7 Å². The van der Waals surface area contributed by atoms with E-state index in [4.69, 9.17) is 4.74 Å². The molecule has 0 saturated carbocycles. The van der Waals surface area contributed by atoms with Crippen LogP contribution in [0.25, 0.3) is 11.3 Å². The molecule has 1 aromatic carbocycles. The number of sulfonamides is 1. The molecule has 8 heteroatoms. The third kappa shape index (κ3) is 4.56. The van der Waals surface area contributed by atoms with Crippen LogP contribution in [-0.2, 0) is 14.8 Å². The van der Waals surface area contributed by atoms with Gasteiger partial charge in [0.15, 0.2) is 5.13 Å². The van der Waals surface area contributed by atoms with Gasteiger partial charge in [0.1, 0.15) is 0 Å². The number of nitrogens with one attached hydrogen (secondary N) is 1. The summed E-state index contributed by atoms with van der Waals surface area (Å²) in [6, 6.07) is 7.11. The molecule has 1 unspecified atom stereocenters. The molecule has 2 aliphatic rings. The van der Waals surface area contributed by atoms with E-state index < -0.39 is 10.0 Å². The van der Waals surface area contributed by atoms with Gasteiger partial charge < -0.3 is 10.1 Å². The quantitative estimate of drug-likeness (QED) is 0.764. The zero-order valence-electron chi connectivity index (χ0n) is 16.0. The molecule has 1 N–H and O–H groups in total. The van der Waals surface area contributed by atoms with Crippen molar-refractivity contribution in [2.45, 2.75) is 49.5 Å². The molecule has 152 valence electrons. The van der Waals surface area contributed by atoms with Crippen molar-refractivity contribution in [3.05, 3.63) is 29.6 Å². The average Bonchev–Trinajstić information content (AvgIpc) is 3.32. The lowest BCUT2D eigenvalue weighted by atomic mass is 10.2. The van der Waals surface area contributed by atoms with Crippen LogP contribution in [0.4, 0.5) is 5.13 Å². The number of anilines is 1. The lowest BCUT2D eigenvalue weighted by molar-refractivity contribution is 0.120. The molecule has 2 aromatic rings. The van der Waals surface area contributed by atoms with Crippen molar-refractivity contribution < 1.29 is 13.2 Å².